The number of amides is 1. The van der Waals surface area contributed by atoms with E-state index in [1.54, 1.807) is 12.1 Å². The zero-order valence-electron chi connectivity index (χ0n) is 16.4. The van der Waals surface area contributed by atoms with Crippen molar-refractivity contribution in [2.24, 2.45) is 10.8 Å². The molecular weight excluding hydrogens is 341 g/mol. The van der Waals surface area contributed by atoms with E-state index in [9.17, 15) is 9.18 Å². The van der Waals surface area contributed by atoms with Crippen molar-refractivity contribution in [3.8, 4) is 5.69 Å². The van der Waals surface area contributed by atoms with Crippen LogP contribution in [-0.2, 0) is 11.2 Å². The van der Waals surface area contributed by atoms with Crippen molar-refractivity contribution in [3.63, 3.8) is 0 Å². The number of rotatable bonds is 1. The Balaban J connectivity index is 1.66. The molecule has 0 N–H and O–H groups in total. The van der Waals surface area contributed by atoms with E-state index >= 15 is 0 Å². The van der Waals surface area contributed by atoms with Crippen LogP contribution in [0.2, 0.25) is 0 Å². The van der Waals surface area contributed by atoms with E-state index < -0.39 is 0 Å². The Bertz CT molecular complexity index is 920. The van der Waals surface area contributed by atoms with Crippen LogP contribution in [0, 0.1) is 16.6 Å². The quantitative estimate of drug-likeness (QED) is 0.756. The molecule has 1 aromatic carbocycles. The van der Waals surface area contributed by atoms with Gasteiger partial charge in [-0.05, 0) is 48.7 Å². The number of nitrogens with zero attached hydrogens (tertiary/aromatic N) is 3. The molecule has 27 heavy (non-hydrogen) atoms. The average Bonchev–Trinajstić information content (AvgIpc) is 3.00. The summed E-state index contributed by atoms with van der Waals surface area (Å²) in [6.07, 6.45) is 5.88. The number of carbonyl (C=O) groups excluding carboxylic acids is 1. The summed E-state index contributed by atoms with van der Waals surface area (Å²) in [6.45, 7) is 9.70. The van der Waals surface area contributed by atoms with Gasteiger partial charge in [0.2, 0.25) is 5.91 Å². The smallest absolute Gasteiger partial charge is 0.227 e. The van der Waals surface area contributed by atoms with E-state index in [0.717, 1.165) is 37.3 Å². The molecule has 2 aromatic rings. The molecule has 4 rings (SSSR count). The molecule has 1 aromatic heterocycles. The van der Waals surface area contributed by atoms with Crippen LogP contribution in [0.25, 0.3) is 11.8 Å². The van der Waals surface area contributed by atoms with Crippen molar-refractivity contribution in [2.75, 3.05) is 13.1 Å². The molecule has 0 spiro atoms. The summed E-state index contributed by atoms with van der Waals surface area (Å²) in [6, 6.07) is 6.42. The molecular formula is C22H26FN3O. The highest BCUT2D eigenvalue weighted by Gasteiger charge is 2.42. The molecule has 0 bridgehead atoms. The number of likely N-dealkylation sites (tertiary alicyclic amines) is 1. The second-order valence-corrected chi connectivity index (χ2v) is 9.08. The summed E-state index contributed by atoms with van der Waals surface area (Å²) in [5.74, 6) is -0.0304. The van der Waals surface area contributed by atoms with Crippen molar-refractivity contribution in [3.05, 3.63) is 53.1 Å². The lowest BCUT2D eigenvalue weighted by Gasteiger charge is -2.46. The number of halogens is 1. The maximum Gasteiger partial charge on any atom is 0.227 e. The molecule has 1 atom stereocenters. The highest BCUT2D eigenvalue weighted by atomic mass is 19.1. The third-order valence-corrected chi connectivity index (χ3v) is 5.74. The van der Waals surface area contributed by atoms with Crippen LogP contribution < -0.4 is 0 Å². The zero-order valence-corrected chi connectivity index (χ0v) is 16.4. The number of piperidine rings is 1. The van der Waals surface area contributed by atoms with Crippen molar-refractivity contribution in [1.29, 1.82) is 0 Å². The van der Waals surface area contributed by atoms with Crippen molar-refractivity contribution in [2.45, 2.75) is 40.5 Å². The van der Waals surface area contributed by atoms with Gasteiger partial charge in [-0.3, -0.25) is 4.79 Å². The summed E-state index contributed by atoms with van der Waals surface area (Å²) in [7, 11) is 0. The minimum absolute atomic E-state index is 0.0528. The lowest BCUT2D eigenvalue weighted by molar-refractivity contribution is -0.141. The summed E-state index contributed by atoms with van der Waals surface area (Å²) in [5, 5.41) is 4.55. The fraction of sp³-hybridized carbons (Fsp3) is 0.455. The van der Waals surface area contributed by atoms with Crippen LogP contribution in [0.4, 0.5) is 4.39 Å². The Hall–Kier alpha value is -2.43. The van der Waals surface area contributed by atoms with Crippen molar-refractivity contribution < 1.29 is 9.18 Å². The van der Waals surface area contributed by atoms with E-state index in [1.807, 2.05) is 36.5 Å². The van der Waals surface area contributed by atoms with Gasteiger partial charge >= 0.3 is 0 Å². The molecule has 0 radical (unpaired) electrons. The van der Waals surface area contributed by atoms with Crippen LogP contribution in [0.1, 0.15) is 45.4 Å². The van der Waals surface area contributed by atoms with Crippen LogP contribution in [0.3, 0.4) is 0 Å². The van der Waals surface area contributed by atoms with Gasteiger partial charge in [-0.25, -0.2) is 9.07 Å². The second kappa shape index (κ2) is 6.04. The van der Waals surface area contributed by atoms with Gasteiger partial charge in [0.1, 0.15) is 5.82 Å². The zero-order chi connectivity index (χ0) is 19.4. The molecule has 1 aliphatic heterocycles. The third kappa shape index (κ3) is 3.09. The van der Waals surface area contributed by atoms with Gasteiger partial charge in [0.15, 0.2) is 0 Å². The largest absolute Gasteiger partial charge is 0.341 e. The van der Waals surface area contributed by atoms with Gasteiger partial charge in [-0.2, -0.15) is 5.10 Å². The lowest BCUT2D eigenvalue weighted by Crippen LogP contribution is -2.50. The fourth-order valence-corrected chi connectivity index (χ4v) is 4.28. The first-order chi connectivity index (χ1) is 12.7. The monoisotopic (exact) mass is 367 g/mol. The maximum absolute atomic E-state index is 13.3. The van der Waals surface area contributed by atoms with Gasteiger partial charge in [0, 0.05) is 23.9 Å². The van der Waals surface area contributed by atoms with Gasteiger partial charge in [0.05, 0.1) is 17.6 Å². The molecule has 1 amide bonds. The Morgan fingerprint density at radius 1 is 1.22 bits per heavy atom. The number of hydrogen-bond donors (Lipinski definition) is 0. The molecule has 0 saturated carbocycles. The molecule has 4 nitrogen and oxygen atoms in total. The third-order valence-electron chi connectivity index (χ3n) is 5.74. The summed E-state index contributed by atoms with van der Waals surface area (Å²) in [5.41, 5.74) is 4.07. The van der Waals surface area contributed by atoms with E-state index in [0.29, 0.717) is 0 Å². The van der Waals surface area contributed by atoms with E-state index in [-0.39, 0.29) is 22.6 Å². The first kappa shape index (κ1) is 18.0. The maximum atomic E-state index is 13.3. The first-order valence-corrected chi connectivity index (χ1v) is 9.51. The molecule has 1 saturated heterocycles. The van der Waals surface area contributed by atoms with Crippen molar-refractivity contribution >= 4 is 12.0 Å². The second-order valence-electron chi connectivity index (χ2n) is 9.08. The molecule has 1 fully saturated rings. The molecule has 2 aliphatic rings. The van der Waals surface area contributed by atoms with Crippen molar-refractivity contribution in [1.82, 2.24) is 14.7 Å². The number of fused-ring (bicyclic) bond motifs is 2. The highest BCUT2D eigenvalue weighted by molar-refractivity contribution is 5.82. The molecule has 1 aliphatic carbocycles. The standard InChI is InChI=1S/C22H26FN3O/c1-21(2,3)20(27)25-10-9-16-11-19-15(12-22(16,4)14-25)13-24-26(19)18-7-5-17(23)6-8-18/h5-8,11,13H,9-10,12,14H2,1-4H3/t22-/m1/s1. The predicted molar refractivity (Wildman–Crippen MR) is 104 cm³/mol. The van der Waals surface area contributed by atoms with E-state index in [4.69, 9.17) is 0 Å². The summed E-state index contributed by atoms with van der Waals surface area (Å²) in [4.78, 5) is 14.8. The SMILES string of the molecule is CC(C)(C)C(=O)N1CCC2=Cc3c(cnn3-c3ccc(F)cc3)C[C@]2(C)C1. The number of benzene rings is 1. The van der Waals surface area contributed by atoms with Crippen LogP contribution in [0.5, 0.6) is 0 Å². The summed E-state index contributed by atoms with van der Waals surface area (Å²) >= 11 is 0. The number of carbonyl (C=O) groups is 1. The van der Waals surface area contributed by atoms with Gasteiger partial charge in [-0.1, -0.05) is 33.3 Å². The normalized spacial score (nSPS) is 22.1. The van der Waals surface area contributed by atoms with E-state index in [2.05, 4.69) is 18.1 Å². The number of aromatic nitrogens is 2. The molecule has 5 heteroatoms. The Labute approximate surface area is 159 Å². The number of hydrogen-bond acceptors (Lipinski definition) is 2. The molecule has 2 heterocycles. The van der Waals surface area contributed by atoms with Gasteiger partial charge < -0.3 is 4.90 Å². The topological polar surface area (TPSA) is 38.1 Å². The van der Waals surface area contributed by atoms with Crippen LogP contribution in [-0.4, -0.2) is 33.7 Å². The summed E-state index contributed by atoms with van der Waals surface area (Å²) < 4.78 is 15.1. The average molecular weight is 367 g/mol. The van der Waals surface area contributed by atoms with Crippen LogP contribution >= 0.6 is 0 Å². The predicted octanol–water partition coefficient (Wildman–Crippen LogP) is 4.24. The minimum Gasteiger partial charge on any atom is -0.341 e. The Morgan fingerprint density at radius 2 is 1.93 bits per heavy atom. The molecule has 142 valence electrons. The Kier molecular flexibility index (Phi) is 4.02. The van der Waals surface area contributed by atoms with Gasteiger partial charge in [0.25, 0.3) is 0 Å². The first-order valence-electron chi connectivity index (χ1n) is 9.51. The van der Waals surface area contributed by atoms with E-state index in [1.165, 1.54) is 23.3 Å². The highest BCUT2D eigenvalue weighted by Crippen LogP contribution is 2.44. The Morgan fingerprint density at radius 3 is 2.59 bits per heavy atom. The molecule has 0 unspecified atom stereocenters. The van der Waals surface area contributed by atoms with Crippen LogP contribution in [0.15, 0.2) is 36.0 Å². The fourth-order valence-electron chi connectivity index (χ4n) is 4.28. The van der Waals surface area contributed by atoms with Gasteiger partial charge in [-0.15, -0.1) is 0 Å². The lowest BCUT2D eigenvalue weighted by atomic mass is 9.69. The minimum atomic E-state index is -0.356.